The van der Waals surface area contributed by atoms with Crippen molar-refractivity contribution in [2.24, 2.45) is 0 Å². The fourth-order valence-corrected chi connectivity index (χ4v) is 1.48. The third-order valence-electron chi connectivity index (χ3n) is 2.52. The van der Waals surface area contributed by atoms with Crippen LogP contribution in [0.15, 0.2) is 30.3 Å². The minimum atomic E-state index is 0.275. The van der Waals surface area contributed by atoms with E-state index in [9.17, 15) is 0 Å². The van der Waals surface area contributed by atoms with Gasteiger partial charge in [-0.2, -0.15) is 0 Å². The van der Waals surface area contributed by atoms with Gasteiger partial charge in [0.15, 0.2) is 0 Å². The van der Waals surface area contributed by atoms with Crippen LogP contribution in [0, 0.1) is 0 Å². The van der Waals surface area contributed by atoms with Crippen LogP contribution in [0.4, 0.5) is 0 Å². The van der Waals surface area contributed by atoms with Crippen molar-refractivity contribution in [3.63, 3.8) is 0 Å². The van der Waals surface area contributed by atoms with Crippen LogP contribution in [-0.2, 0) is 11.3 Å². The zero-order chi connectivity index (χ0) is 11.6. The first-order valence-corrected chi connectivity index (χ1v) is 6.19. The predicted molar refractivity (Wildman–Crippen MR) is 68.5 cm³/mol. The van der Waals surface area contributed by atoms with E-state index in [0.717, 1.165) is 13.1 Å². The van der Waals surface area contributed by atoms with E-state index in [2.05, 4.69) is 31.3 Å². The molecule has 0 aliphatic carbocycles. The van der Waals surface area contributed by atoms with Crippen LogP contribution >= 0.6 is 0 Å². The third-order valence-corrected chi connectivity index (χ3v) is 2.52. The smallest absolute Gasteiger partial charge is 0.0721 e. The lowest BCUT2D eigenvalue weighted by atomic mass is 10.2. The quantitative estimate of drug-likeness (QED) is 0.681. The maximum Gasteiger partial charge on any atom is 0.0721 e. The standard InChI is InChI=1S/C14H23NO/c1-3-4-10-15-11-13(2)16-12-14-8-6-5-7-9-14/h5-9,13,15H,3-4,10-12H2,1-2H3. The molecule has 0 aromatic heterocycles. The Morgan fingerprint density at radius 3 is 2.69 bits per heavy atom. The molecule has 90 valence electrons. The fraction of sp³-hybridized carbons (Fsp3) is 0.571. The van der Waals surface area contributed by atoms with E-state index in [0.29, 0.717) is 6.61 Å². The van der Waals surface area contributed by atoms with Gasteiger partial charge in [0.1, 0.15) is 0 Å². The number of rotatable bonds is 8. The maximum absolute atomic E-state index is 5.75. The molecule has 16 heavy (non-hydrogen) atoms. The van der Waals surface area contributed by atoms with Gasteiger partial charge >= 0.3 is 0 Å². The molecule has 1 aromatic carbocycles. The molecule has 1 rings (SSSR count). The lowest BCUT2D eigenvalue weighted by molar-refractivity contribution is 0.0533. The zero-order valence-electron chi connectivity index (χ0n) is 10.4. The van der Waals surface area contributed by atoms with Gasteiger partial charge in [-0.15, -0.1) is 0 Å². The second kappa shape index (κ2) is 8.31. The number of unbranched alkanes of at least 4 members (excludes halogenated alkanes) is 1. The molecule has 0 aliphatic rings. The first-order valence-electron chi connectivity index (χ1n) is 6.19. The average molecular weight is 221 g/mol. The van der Waals surface area contributed by atoms with Gasteiger partial charge in [-0.3, -0.25) is 0 Å². The van der Waals surface area contributed by atoms with Crippen molar-refractivity contribution in [2.75, 3.05) is 13.1 Å². The SMILES string of the molecule is CCCCNCC(C)OCc1ccccc1. The van der Waals surface area contributed by atoms with E-state index in [1.807, 2.05) is 18.2 Å². The number of ether oxygens (including phenoxy) is 1. The van der Waals surface area contributed by atoms with Crippen molar-refractivity contribution < 1.29 is 4.74 Å². The van der Waals surface area contributed by atoms with Crippen LogP contribution in [0.25, 0.3) is 0 Å². The fourth-order valence-electron chi connectivity index (χ4n) is 1.48. The lowest BCUT2D eigenvalue weighted by Gasteiger charge is -2.13. The highest BCUT2D eigenvalue weighted by Crippen LogP contribution is 2.02. The summed E-state index contributed by atoms with van der Waals surface area (Å²) in [5, 5.41) is 3.40. The summed E-state index contributed by atoms with van der Waals surface area (Å²) < 4.78 is 5.75. The summed E-state index contributed by atoms with van der Waals surface area (Å²) in [7, 11) is 0. The van der Waals surface area contributed by atoms with Gasteiger partial charge in [-0.05, 0) is 25.5 Å². The first kappa shape index (κ1) is 13.2. The van der Waals surface area contributed by atoms with Crippen LogP contribution in [0.1, 0.15) is 32.3 Å². The maximum atomic E-state index is 5.75. The Morgan fingerprint density at radius 2 is 2.00 bits per heavy atom. The molecule has 0 heterocycles. The summed E-state index contributed by atoms with van der Waals surface area (Å²) in [5.74, 6) is 0. The molecule has 2 nitrogen and oxygen atoms in total. The monoisotopic (exact) mass is 221 g/mol. The van der Waals surface area contributed by atoms with Crippen LogP contribution in [0.5, 0.6) is 0 Å². The van der Waals surface area contributed by atoms with Crippen molar-refractivity contribution in [3.05, 3.63) is 35.9 Å². The Labute approximate surface area is 99.0 Å². The molecule has 1 atom stereocenters. The van der Waals surface area contributed by atoms with E-state index in [1.54, 1.807) is 0 Å². The Morgan fingerprint density at radius 1 is 1.25 bits per heavy atom. The number of hydrogen-bond acceptors (Lipinski definition) is 2. The summed E-state index contributed by atoms with van der Waals surface area (Å²) >= 11 is 0. The number of hydrogen-bond donors (Lipinski definition) is 1. The van der Waals surface area contributed by atoms with E-state index in [4.69, 9.17) is 4.74 Å². The Kier molecular flexibility index (Phi) is 6.86. The van der Waals surface area contributed by atoms with Crippen LogP contribution in [0.3, 0.4) is 0 Å². The minimum Gasteiger partial charge on any atom is -0.373 e. The first-order chi connectivity index (χ1) is 7.83. The van der Waals surface area contributed by atoms with Gasteiger partial charge in [0.25, 0.3) is 0 Å². The Balaban J connectivity index is 2.08. The van der Waals surface area contributed by atoms with Gasteiger partial charge in [0, 0.05) is 6.54 Å². The Bertz CT molecular complexity index is 261. The molecule has 0 radical (unpaired) electrons. The molecule has 0 bridgehead atoms. The van der Waals surface area contributed by atoms with E-state index < -0.39 is 0 Å². The van der Waals surface area contributed by atoms with Gasteiger partial charge in [0.2, 0.25) is 0 Å². The molecule has 0 saturated carbocycles. The van der Waals surface area contributed by atoms with Crippen molar-refractivity contribution >= 4 is 0 Å². The van der Waals surface area contributed by atoms with Crippen molar-refractivity contribution in [1.29, 1.82) is 0 Å². The molecule has 2 heteroatoms. The highest BCUT2D eigenvalue weighted by molar-refractivity contribution is 5.13. The highest BCUT2D eigenvalue weighted by atomic mass is 16.5. The number of benzene rings is 1. The van der Waals surface area contributed by atoms with E-state index in [1.165, 1.54) is 18.4 Å². The second-order valence-electron chi connectivity index (χ2n) is 4.16. The molecule has 0 fully saturated rings. The molecular weight excluding hydrogens is 198 g/mol. The summed E-state index contributed by atoms with van der Waals surface area (Å²) in [6.45, 7) is 7.05. The molecule has 1 N–H and O–H groups in total. The van der Waals surface area contributed by atoms with Crippen LogP contribution in [-0.4, -0.2) is 19.2 Å². The topological polar surface area (TPSA) is 21.3 Å². The highest BCUT2D eigenvalue weighted by Gasteiger charge is 2.01. The largest absolute Gasteiger partial charge is 0.373 e. The van der Waals surface area contributed by atoms with Crippen LogP contribution < -0.4 is 5.32 Å². The molecule has 1 unspecified atom stereocenters. The third kappa shape index (κ3) is 5.89. The predicted octanol–water partition coefficient (Wildman–Crippen LogP) is 2.98. The molecule has 0 spiro atoms. The summed E-state index contributed by atoms with van der Waals surface area (Å²) in [4.78, 5) is 0. The molecule has 0 amide bonds. The molecule has 1 aromatic rings. The molecule has 0 saturated heterocycles. The van der Waals surface area contributed by atoms with Crippen LogP contribution in [0.2, 0.25) is 0 Å². The average Bonchev–Trinajstić information content (AvgIpc) is 2.33. The van der Waals surface area contributed by atoms with E-state index >= 15 is 0 Å². The molecular formula is C14H23NO. The summed E-state index contributed by atoms with van der Waals surface area (Å²) in [5.41, 5.74) is 1.24. The van der Waals surface area contributed by atoms with Crippen molar-refractivity contribution in [3.8, 4) is 0 Å². The summed E-state index contributed by atoms with van der Waals surface area (Å²) in [6, 6.07) is 10.3. The zero-order valence-corrected chi connectivity index (χ0v) is 10.4. The van der Waals surface area contributed by atoms with Crippen molar-refractivity contribution in [2.45, 2.75) is 39.4 Å². The van der Waals surface area contributed by atoms with Gasteiger partial charge in [-0.1, -0.05) is 43.7 Å². The van der Waals surface area contributed by atoms with Gasteiger partial charge in [0.05, 0.1) is 12.7 Å². The van der Waals surface area contributed by atoms with Gasteiger partial charge < -0.3 is 10.1 Å². The minimum absolute atomic E-state index is 0.275. The number of nitrogens with one attached hydrogen (secondary N) is 1. The Hall–Kier alpha value is -0.860. The second-order valence-corrected chi connectivity index (χ2v) is 4.16. The van der Waals surface area contributed by atoms with Gasteiger partial charge in [-0.25, -0.2) is 0 Å². The summed E-state index contributed by atoms with van der Waals surface area (Å²) in [6.07, 6.45) is 2.76. The van der Waals surface area contributed by atoms with E-state index in [-0.39, 0.29) is 6.10 Å². The van der Waals surface area contributed by atoms with Crippen molar-refractivity contribution in [1.82, 2.24) is 5.32 Å². The normalized spacial score (nSPS) is 12.6. The molecule has 0 aliphatic heterocycles. The lowest BCUT2D eigenvalue weighted by Crippen LogP contribution is -2.27.